The molecule has 3 aromatic carbocycles. The van der Waals surface area contributed by atoms with Crippen LogP contribution < -0.4 is 5.32 Å². The zero-order valence-corrected chi connectivity index (χ0v) is 14.3. The monoisotopic (exact) mass is 346 g/mol. The van der Waals surface area contributed by atoms with Gasteiger partial charge in [0.25, 0.3) is 0 Å². The smallest absolute Gasteiger partial charge is 0.159 e. The maximum atomic E-state index is 11.7. The molecule has 3 nitrogen and oxygen atoms in total. The summed E-state index contributed by atoms with van der Waals surface area (Å²) in [6, 6.07) is 21.3. The first-order valence-electron chi connectivity index (χ1n) is 7.98. The largest absolute Gasteiger partial charge is 0.340 e. The molecule has 0 fully saturated rings. The molecule has 0 aliphatic carbocycles. The minimum Gasteiger partial charge on any atom is -0.340 e. The Morgan fingerprint density at radius 3 is 2.48 bits per heavy atom. The van der Waals surface area contributed by atoms with Crippen LogP contribution >= 0.6 is 11.6 Å². The number of pyridine rings is 1. The maximum absolute atomic E-state index is 11.7. The molecule has 4 aromatic rings. The predicted molar refractivity (Wildman–Crippen MR) is 104 cm³/mol. The van der Waals surface area contributed by atoms with Crippen LogP contribution in [-0.2, 0) is 0 Å². The van der Waals surface area contributed by atoms with Gasteiger partial charge in [-0.25, -0.2) is 4.98 Å². The van der Waals surface area contributed by atoms with E-state index in [0.29, 0.717) is 10.6 Å². The Bertz CT molecular complexity index is 1120. The fourth-order valence-corrected chi connectivity index (χ4v) is 3.16. The van der Waals surface area contributed by atoms with Crippen LogP contribution in [0, 0.1) is 0 Å². The molecule has 122 valence electrons. The van der Waals surface area contributed by atoms with Crippen LogP contribution in [-0.4, -0.2) is 10.8 Å². The molecule has 0 radical (unpaired) electrons. The third-order valence-electron chi connectivity index (χ3n) is 4.20. The molecule has 0 bridgehead atoms. The van der Waals surface area contributed by atoms with Crippen molar-refractivity contribution in [2.24, 2.45) is 0 Å². The molecule has 0 saturated carbocycles. The Kier molecular flexibility index (Phi) is 3.86. The number of carbonyl (C=O) groups is 1. The van der Waals surface area contributed by atoms with Gasteiger partial charge < -0.3 is 5.32 Å². The second kappa shape index (κ2) is 6.19. The number of hydrogen-bond donors (Lipinski definition) is 1. The number of carbonyl (C=O) groups excluding carboxylic acids is 1. The summed E-state index contributed by atoms with van der Waals surface area (Å²) in [5.41, 5.74) is 2.31. The number of aromatic nitrogens is 1. The first-order chi connectivity index (χ1) is 12.1. The highest BCUT2D eigenvalue weighted by molar-refractivity contribution is 6.30. The molecular weight excluding hydrogens is 332 g/mol. The van der Waals surface area contributed by atoms with E-state index in [1.54, 1.807) is 6.92 Å². The summed E-state index contributed by atoms with van der Waals surface area (Å²) in [4.78, 5) is 16.5. The summed E-state index contributed by atoms with van der Waals surface area (Å²) in [5, 5.41) is 7.14. The van der Waals surface area contributed by atoms with E-state index in [4.69, 9.17) is 16.6 Å². The summed E-state index contributed by atoms with van der Waals surface area (Å²) in [5.74, 6) is 0.771. The Balaban J connectivity index is 1.96. The number of rotatable bonds is 3. The van der Waals surface area contributed by atoms with Crippen molar-refractivity contribution in [3.63, 3.8) is 0 Å². The van der Waals surface area contributed by atoms with Gasteiger partial charge in [-0.2, -0.15) is 0 Å². The lowest BCUT2D eigenvalue weighted by Crippen LogP contribution is -1.98. The topological polar surface area (TPSA) is 42.0 Å². The fraction of sp³-hybridized carbons (Fsp3) is 0.0476. The van der Waals surface area contributed by atoms with Gasteiger partial charge in [-0.1, -0.05) is 54.1 Å². The van der Waals surface area contributed by atoms with Crippen molar-refractivity contribution in [1.82, 2.24) is 4.98 Å². The van der Waals surface area contributed by atoms with Gasteiger partial charge in [0, 0.05) is 27.0 Å². The fourth-order valence-electron chi connectivity index (χ4n) is 2.97. The molecule has 1 N–H and O–H groups in total. The zero-order chi connectivity index (χ0) is 17.4. The van der Waals surface area contributed by atoms with Gasteiger partial charge in [-0.15, -0.1) is 0 Å². The summed E-state index contributed by atoms with van der Waals surface area (Å²) in [7, 11) is 0. The number of ketones is 1. The van der Waals surface area contributed by atoms with Crippen molar-refractivity contribution in [2.45, 2.75) is 6.92 Å². The van der Waals surface area contributed by atoms with Gasteiger partial charge in [0.2, 0.25) is 0 Å². The van der Waals surface area contributed by atoms with Crippen LogP contribution in [0.25, 0.3) is 21.7 Å². The lowest BCUT2D eigenvalue weighted by Gasteiger charge is -2.12. The number of nitrogens with one attached hydrogen (secondary N) is 1. The van der Waals surface area contributed by atoms with Crippen LogP contribution in [0.4, 0.5) is 11.5 Å². The van der Waals surface area contributed by atoms with E-state index in [1.165, 1.54) is 0 Å². The highest BCUT2D eigenvalue weighted by Gasteiger charge is 2.10. The number of fused-ring (bicyclic) bond motifs is 3. The van der Waals surface area contributed by atoms with Gasteiger partial charge in [-0.3, -0.25) is 4.79 Å². The van der Waals surface area contributed by atoms with E-state index < -0.39 is 0 Å². The number of halogens is 1. The van der Waals surface area contributed by atoms with E-state index in [9.17, 15) is 4.79 Å². The molecule has 0 aliphatic heterocycles. The number of Topliss-reactive ketones (excluding diaryl/α,β-unsaturated/α-hetero) is 1. The Morgan fingerprint density at radius 1 is 0.920 bits per heavy atom. The number of hydrogen-bond acceptors (Lipinski definition) is 3. The maximum Gasteiger partial charge on any atom is 0.159 e. The second-order valence-corrected chi connectivity index (χ2v) is 6.37. The normalized spacial score (nSPS) is 11.0. The molecular formula is C21H15ClN2O. The number of nitrogens with zero attached hydrogens (tertiary/aromatic N) is 1. The van der Waals surface area contributed by atoms with Crippen LogP contribution in [0.15, 0.2) is 66.7 Å². The van der Waals surface area contributed by atoms with Gasteiger partial charge in [0.1, 0.15) is 5.82 Å². The minimum atomic E-state index is 0.0289. The summed E-state index contributed by atoms with van der Waals surface area (Å²) in [6.07, 6.45) is 0. The second-order valence-electron chi connectivity index (χ2n) is 5.93. The Hall–Kier alpha value is -2.91. The van der Waals surface area contributed by atoms with E-state index in [1.807, 2.05) is 60.7 Å². The van der Waals surface area contributed by atoms with Crippen molar-refractivity contribution < 1.29 is 4.79 Å². The standard InChI is InChI=1S/C21H15ClN2O/c1-13(25)14-9-10-18-17-7-2-3-8-19(17)21(24-20(18)11-14)23-16-6-4-5-15(22)12-16/h2-12H,1H3,(H,23,24). The van der Waals surface area contributed by atoms with Gasteiger partial charge in [-0.05, 0) is 36.6 Å². The SMILES string of the molecule is CC(=O)c1ccc2c(c1)nc(Nc1cccc(Cl)c1)c1ccccc12. The Labute approximate surface area is 150 Å². The molecule has 0 aliphatic rings. The molecule has 1 aromatic heterocycles. The van der Waals surface area contributed by atoms with E-state index in [-0.39, 0.29) is 5.78 Å². The first kappa shape index (κ1) is 15.6. The number of benzene rings is 3. The Morgan fingerprint density at radius 2 is 1.72 bits per heavy atom. The molecule has 4 heteroatoms. The summed E-state index contributed by atoms with van der Waals surface area (Å²) < 4.78 is 0. The summed E-state index contributed by atoms with van der Waals surface area (Å²) in [6.45, 7) is 1.56. The summed E-state index contributed by atoms with van der Waals surface area (Å²) >= 11 is 6.08. The molecule has 0 atom stereocenters. The van der Waals surface area contributed by atoms with Crippen LogP contribution in [0.2, 0.25) is 5.02 Å². The van der Waals surface area contributed by atoms with Gasteiger partial charge in [0.15, 0.2) is 5.78 Å². The zero-order valence-electron chi connectivity index (χ0n) is 13.6. The molecule has 0 unspecified atom stereocenters. The lowest BCUT2D eigenvalue weighted by molar-refractivity contribution is 0.101. The third kappa shape index (κ3) is 2.94. The van der Waals surface area contributed by atoms with Crippen LogP contribution in [0.1, 0.15) is 17.3 Å². The van der Waals surface area contributed by atoms with Crippen LogP contribution in [0.5, 0.6) is 0 Å². The molecule has 1 heterocycles. The van der Waals surface area contributed by atoms with E-state index in [0.717, 1.165) is 33.2 Å². The highest BCUT2D eigenvalue weighted by Crippen LogP contribution is 2.31. The van der Waals surface area contributed by atoms with Crippen molar-refractivity contribution >= 4 is 50.6 Å². The third-order valence-corrected chi connectivity index (χ3v) is 4.43. The van der Waals surface area contributed by atoms with Crippen molar-refractivity contribution in [3.8, 4) is 0 Å². The molecule has 25 heavy (non-hydrogen) atoms. The molecule has 4 rings (SSSR count). The highest BCUT2D eigenvalue weighted by atomic mass is 35.5. The quantitative estimate of drug-likeness (QED) is 0.366. The average Bonchev–Trinajstić information content (AvgIpc) is 2.61. The predicted octanol–water partition coefficient (Wildman–Crippen LogP) is 5.99. The molecule has 0 saturated heterocycles. The number of anilines is 2. The van der Waals surface area contributed by atoms with E-state index in [2.05, 4.69) is 11.4 Å². The van der Waals surface area contributed by atoms with E-state index >= 15 is 0 Å². The first-order valence-corrected chi connectivity index (χ1v) is 8.36. The van der Waals surface area contributed by atoms with Crippen molar-refractivity contribution in [1.29, 1.82) is 0 Å². The molecule has 0 amide bonds. The van der Waals surface area contributed by atoms with Crippen LogP contribution in [0.3, 0.4) is 0 Å². The minimum absolute atomic E-state index is 0.0289. The van der Waals surface area contributed by atoms with Crippen molar-refractivity contribution in [3.05, 3.63) is 77.3 Å². The molecule has 0 spiro atoms. The van der Waals surface area contributed by atoms with Crippen molar-refractivity contribution in [2.75, 3.05) is 5.32 Å². The van der Waals surface area contributed by atoms with Gasteiger partial charge in [0.05, 0.1) is 5.52 Å². The average molecular weight is 347 g/mol. The lowest BCUT2D eigenvalue weighted by atomic mass is 10.0. The van der Waals surface area contributed by atoms with Gasteiger partial charge >= 0.3 is 0 Å².